The zero-order valence-corrected chi connectivity index (χ0v) is 11.1. The van der Waals surface area contributed by atoms with Crippen LogP contribution in [0.25, 0.3) is 0 Å². The Balaban J connectivity index is 2.27. The van der Waals surface area contributed by atoms with Crippen molar-refractivity contribution < 1.29 is 4.39 Å². The van der Waals surface area contributed by atoms with Crippen LogP contribution in [0.5, 0.6) is 0 Å². The second-order valence-electron chi connectivity index (χ2n) is 3.97. The topological polar surface area (TPSA) is 12.9 Å². The maximum atomic E-state index is 13.7. The molecule has 0 amide bonds. The number of alkyl halides is 1. The molecule has 0 bridgehead atoms. The standard InChI is InChI=1S/C14H13BrFN/c1-10(13-8-4-5-9-17-13)14(15)11-6-2-3-7-12(11)16/h2-10,14H,1H3. The smallest absolute Gasteiger partial charge is 0.127 e. The predicted octanol–water partition coefficient (Wildman–Crippen LogP) is 4.46. The maximum Gasteiger partial charge on any atom is 0.127 e. The van der Waals surface area contributed by atoms with Gasteiger partial charge in [0.25, 0.3) is 0 Å². The number of hydrogen-bond donors (Lipinski definition) is 0. The number of aromatic nitrogens is 1. The monoisotopic (exact) mass is 293 g/mol. The number of rotatable bonds is 3. The highest BCUT2D eigenvalue weighted by Gasteiger charge is 2.21. The van der Waals surface area contributed by atoms with E-state index in [1.807, 2.05) is 31.2 Å². The molecule has 2 rings (SSSR count). The minimum atomic E-state index is -0.183. The summed E-state index contributed by atoms with van der Waals surface area (Å²) < 4.78 is 13.7. The van der Waals surface area contributed by atoms with E-state index in [-0.39, 0.29) is 16.6 Å². The highest BCUT2D eigenvalue weighted by molar-refractivity contribution is 9.09. The van der Waals surface area contributed by atoms with Crippen LogP contribution in [0, 0.1) is 5.82 Å². The quantitative estimate of drug-likeness (QED) is 0.762. The number of halogens is 2. The summed E-state index contributed by atoms with van der Waals surface area (Å²) in [5.41, 5.74) is 1.63. The molecule has 2 aromatic rings. The fraction of sp³-hybridized carbons (Fsp3) is 0.214. The predicted molar refractivity (Wildman–Crippen MR) is 70.7 cm³/mol. The van der Waals surface area contributed by atoms with Crippen molar-refractivity contribution in [2.24, 2.45) is 0 Å². The molecule has 0 saturated carbocycles. The van der Waals surface area contributed by atoms with E-state index in [0.29, 0.717) is 5.56 Å². The average molecular weight is 294 g/mol. The third-order valence-corrected chi connectivity index (χ3v) is 4.08. The average Bonchev–Trinajstić information content (AvgIpc) is 2.39. The van der Waals surface area contributed by atoms with E-state index in [1.54, 1.807) is 18.3 Å². The summed E-state index contributed by atoms with van der Waals surface area (Å²) in [5.74, 6) is -0.0646. The van der Waals surface area contributed by atoms with Crippen LogP contribution in [0.4, 0.5) is 4.39 Å². The lowest BCUT2D eigenvalue weighted by atomic mass is 9.97. The SMILES string of the molecule is CC(c1ccccn1)C(Br)c1ccccc1F. The minimum absolute atomic E-state index is 0.0707. The van der Waals surface area contributed by atoms with E-state index < -0.39 is 0 Å². The van der Waals surface area contributed by atoms with Crippen LogP contribution < -0.4 is 0 Å². The van der Waals surface area contributed by atoms with Crippen LogP contribution >= 0.6 is 15.9 Å². The molecule has 0 N–H and O–H groups in total. The van der Waals surface area contributed by atoms with Gasteiger partial charge in [-0.2, -0.15) is 0 Å². The van der Waals surface area contributed by atoms with Crippen molar-refractivity contribution in [3.63, 3.8) is 0 Å². The Bertz CT molecular complexity index is 487. The summed E-state index contributed by atoms with van der Waals surface area (Å²) in [6.07, 6.45) is 1.76. The van der Waals surface area contributed by atoms with Gasteiger partial charge in [0.05, 0.1) is 4.83 Å². The lowest BCUT2D eigenvalue weighted by Crippen LogP contribution is -2.05. The Morgan fingerprint density at radius 2 is 1.82 bits per heavy atom. The van der Waals surface area contributed by atoms with E-state index in [0.717, 1.165) is 5.69 Å². The summed E-state index contributed by atoms with van der Waals surface area (Å²) in [5, 5.41) is 0. The zero-order chi connectivity index (χ0) is 12.3. The van der Waals surface area contributed by atoms with Gasteiger partial charge in [0.1, 0.15) is 5.82 Å². The zero-order valence-electron chi connectivity index (χ0n) is 9.48. The molecule has 0 fully saturated rings. The van der Waals surface area contributed by atoms with Gasteiger partial charge in [0.2, 0.25) is 0 Å². The molecule has 0 aliphatic rings. The Morgan fingerprint density at radius 1 is 1.12 bits per heavy atom. The van der Waals surface area contributed by atoms with E-state index in [2.05, 4.69) is 20.9 Å². The van der Waals surface area contributed by atoms with Crippen molar-refractivity contribution in [2.75, 3.05) is 0 Å². The van der Waals surface area contributed by atoms with Crippen LogP contribution in [0.15, 0.2) is 48.7 Å². The van der Waals surface area contributed by atoms with Crippen molar-refractivity contribution in [1.29, 1.82) is 0 Å². The van der Waals surface area contributed by atoms with Crippen LogP contribution in [0.2, 0.25) is 0 Å². The Kier molecular flexibility index (Phi) is 3.89. The van der Waals surface area contributed by atoms with Gasteiger partial charge in [-0.1, -0.05) is 47.1 Å². The minimum Gasteiger partial charge on any atom is -0.261 e. The van der Waals surface area contributed by atoms with E-state index in [1.165, 1.54) is 6.07 Å². The number of pyridine rings is 1. The summed E-state index contributed by atoms with van der Waals surface area (Å²) in [6.45, 7) is 2.04. The molecule has 2 atom stereocenters. The first kappa shape index (κ1) is 12.2. The van der Waals surface area contributed by atoms with Crippen LogP contribution in [-0.4, -0.2) is 4.98 Å². The van der Waals surface area contributed by atoms with Gasteiger partial charge in [-0.05, 0) is 18.2 Å². The van der Waals surface area contributed by atoms with Crippen LogP contribution in [-0.2, 0) is 0 Å². The molecular formula is C14H13BrFN. The van der Waals surface area contributed by atoms with Gasteiger partial charge in [0, 0.05) is 23.4 Å². The third-order valence-electron chi connectivity index (χ3n) is 2.80. The lowest BCUT2D eigenvalue weighted by molar-refractivity contribution is 0.594. The fourth-order valence-corrected chi connectivity index (χ4v) is 2.41. The summed E-state index contributed by atoms with van der Waals surface area (Å²) >= 11 is 3.56. The molecule has 0 radical (unpaired) electrons. The van der Waals surface area contributed by atoms with Crippen molar-refractivity contribution in [1.82, 2.24) is 4.98 Å². The molecule has 0 saturated heterocycles. The molecule has 3 heteroatoms. The molecule has 0 aliphatic heterocycles. The van der Waals surface area contributed by atoms with E-state index >= 15 is 0 Å². The van der Waals surface area contributed by atoms with Gasteiger partial charge >= 0.3 is 0 Å². The van der Waals surface area contributed by atoms with Crippen molar-refractivity contribution >= 4 is 15.9 Å². The second kappa shape index (κ2) is 5.41. The van der Waals surface area contributed by atoms with Gasteiger partial charge in [-0.15, -0.1) is 0 Å². The molecule has 17 heavy (non-hydrogen) atoms. The van der Waals surface area contributed by atoms with Crippen molar-refractivity contribution in [3.05, 3.63) is 65.7 Å². The first-order chi connectivity index (χ1) is 8.20. The normalized spacial score (nSPS) is 14.3. The molecule has 1 heterocycles. The van der Waals surface area contributed by atoms with Gasteiger partial charge in [0.15, 0.2) is 0 Å². The Labute approximate surface area is 109 Å². The van der Waals surface area contributed by atoms with Crippen LogP contribution in [0.3, 0.4) is 0 Å². The summed E-state index contributed by atoms with van der Waals surface area (Å²) in [4.78, 5) is 4.23. The Morgan fingerprint density at radius 3 is 2.47 bits per heavy atom. The Hall–Kier alpha value is -1.22. The third kappa shape index (κ3) is 2.72. The molecular weight excluding hydrogens is 281 g/mol. The highest BCUT2D eigenvalue weighted by Crippen LogP contribution is 2.37. The molecule has 0 aliphatic carbocycles. The van der Waals surface area contributed by atoms with Gasteiger partial charge in [-0.25, -0.2) is 4.39 Å². The molecule has 1 aromatic carbocycles. The number of benzene rings is 1. The largest absolute Gasteiger partial charge is 0.261 e. The molecule has 88 valence electrons. The van der Waals surface area contributed by atoms with Crippen LogP contribution in [0.1, 0.15) is 28.9 Å². The maximum absolute atomic E-state index is 13.7. The van der Waals surface area contributed by atoms with Crippen molar-refractivity contribution in [2.45, 2.75) is 17.7 Å². The van der Waals surface area contributed by atoms with Crippen molar-refractivity contribution in [3.8, 4) is 0 Å². The summed E-state index contributed by atoms with van der Waals surface area (Å²) in [7, 11) is 0. The van der Waals surface area contributed by atoms with E-state index in [4.69, 9.17) is 0 Å². The molecule has 0 spiro atoms. The van der Waals surface area contributed by atoms with Gasteiger partial charge in [-0.3, -0.25) is 4.98 Å². The number of hydrogen-bond acceptors (Lipinski definition) is 1. The molecule has 1 nitrogen and oxygen atoms in total. The molecule has 2 unspecified atom stereocenters. The first-order valence-electron chi connectivity index (χ1n) is 5.49. The van der Waals surface area contributed by atoms with E-state index in [9.17, 15) is 4.39 Å². The second-order valence-corrected chi connectivity index (χ2v) is 4.95. The first-order valence-corrected chi connectivity index (χ1v) is 6.41. The highest BCUT2D eigenvalue weighted by atomic mass is 79.9. The fourth-order valence-electron chi connectivity index (χ4n) is 1.76. The lowest BCUT2D eigenvalue weighted by Gasteiger charge is -2.18. The summed E-state index contributed by atoms with van der Waals surface area (Å²) in [6, 6.07) is 12.6. The number of nitrogens with zero attached hydrogens (tertiary/aromatic N) is 1. The molecule has 1 aromatic heterocycles. The van der Waals surface area contributed by atoms with Gasteiger partial charge < -0.3 is 0 Å².